The van der Waals surface area contributed by atoms with Crippen LogP contribution in [0.15, 0.2) is 48.5 Å². The molecule has 2 aromatic rings. The van der Waals surface area contributed by atoms with Gasteiger partial charge in [-0.2, -0.15) is 5.26 Å². The van der Waals surface area contributed by atoms with E-state index in [1.807, 2.05) is 42.5 Å². The van der Waals surface area contributed by atoms with Gasteiger partial charge in [-0.1, -0.05) is 36.4 Å². The first-order valence-electron chi connectivity index (χ1n) is 6.78. The summed E-state index contributed by atoms with van der Waals surface area (Å²) < 4.78 is 5.77. The normalized spacial score (nSPS) is 14.8. The summed E-state index contributed by atoms with van der Waals surface area (Å²) in [5.41, 5.74) is 3.04. The summed E-state index contributed by atoms with van der Waals surface area (Å²) >= 11 is 0. The van der Waals surface area contributed by atoms with E-state index in [1.165, 1.54) is 5.56 Å². The van der Waals surface area contributed by atoms with Crippen molar-refractivity contribution >= 4 is 0 Å². The van der Waals surface area contributed by atoms with E-state index in [4.69, 9.17) is 10.00 Å². The molecular formula is C17H16N2O. The van der Waals surface area contributed by atoms with E-state index in [-0.39, 0.29) is 0 Å². The molecule has 1 aliphatic rings. The van der Waals surface area contributed by atoms with Crippen LogP contribution in [-0.2, 0) is 13.1 Å². The van der Waals surface area contributed by atoms with Gasteiger partial charge in [0.25, 0.3) is 0 Å². The van der Waals surface area contributed by atoms with Gasteiger partial charge in [0.05, 0.1) is 11.6 Å². The van der Waals surface area contributed by atoms with E-state index >= 15 is 0 Å². The lowest BCUT2D eigenvalue weighted by Crippen LogP contribution is -2.25. The minimum absolute atomic E-state index is 0.686. The minimum Gasteiger partial charge on any atom is -0.492 e. The summed E-state index contributed by atoms with van der Waals surface area (Å²) in [7, 11) is 0. The first kappa shape index (κ1) is 12.7. The van der Waals surface area contributed by atoms with Crippen molar-refractivity contribution in [2.75, 3.05) is 13.2 Å². The largest absolute Gasteiger partial charge is 0.492 e. The summed E-state index contributed by atoms with van der Waals surface area (Å²) in [4.78, 5) is 2.32. The maximum atomic E-state index is 9.17. The molecule has 1 heterocycles. The fourth-order valence-electron chi connectivity index (χ4n) is 2.52. The zero-order chi connectivity index (χ0) is 13.8. The molecule has 0 bridgehead atoms. The Labute approximate surface area is 119 Å². The molecule has 0 saturated carbocycles. The van der Waals surface area contributed by atoms with Crippen LogP contribution in [0.5, 0.6) is 5.75 Å². The lowest BCUT2D eigenvalue weighted by molar-refractivity contribution is 0.219. The molecule has 3 heteroatoms. The number of benzene rings is 2. The average molecular weight is 264 g/mol. The van der Waals surface area contributed by atoms with Crippen LogP contribution in [0, 0.1) is 11.3 Å². The monoisotopic (exact) mass is 264 g/mol. The predicted octanol–water partition coefficient (Wildman–Crippen LogP) is 2.95. The Hall–Kier alpha value is -2.31. The van der Waals surface area contributed by atoms with Crippen molar-refractivity contribution in [3.8, 4) is 11.8 Å². The van der Waals surface area contributed by atoms with Crippen LogP contribution in [0.4, 0.5) is 0 Å². The van der Waals surface area contributed by atoms with E-state index in [9.17, 15) is 0 Å². The second kappa shape index (κ2) is 5.77. The van der Waals surface area contributed by atoms with Crippen LogP contribution in [0.25, 0.3) is 0 Å². The Bertz CT molecular complexity index is 645. The van der Waals surface area contributed by atoms with Crippen LogP contribution in [0.3, 0.4) is 0 Å². The molecule has 0 aromatic heterocycles. The summed E-state index contributed by atoms with van der Waals surface area (Å²) in [6.07, 6.45) is 0. The Kier molecular flexibility index (Phi) is 3.67. The molecule has 20 heavy (non-hydrogen) atoms. The van der Waals surface area contributed by atoms with Crippen LogP contribution in [0.2, 0.25) is 0 Å². The molecule has 1 aliphatic heterocycles. The van der Waals surface area contributed by atoms with Crippen molar-refractivity contribution in [3.63, 3.8) is 0 Å². The smallest absolute Gasteiger partial charge is 0.123 e. The number of hydrogen-bond acceptors (Lipinski definition) is 3. The SMILES string of the molecule is N#Cc1ccccc1CN1CCOc2ccccc2C1. The molecule has 0 saturated heterocycles. The van der Waals surface area contributed by atoms with Gasteiger partial charge in [0.2, 0.25) is 0 Å². The predicted molar refractivity (Wildman–Crippen MR) is 77.2 cm³/mol. The second-order valence-electron chi connectivity index (χ2n) is 4.94. The Morgan fingerprint density at radius 2 is 1.90 bits per heavy atom. The quantitative estimate of drug-likeness (QED) is 0.836. The van der Waals surface area contributed by atoms with E-state index in [2.05, 4.69) is 17.0 Å². The molecule has 0 N–H and O–H groups in total. The molecule has 3 rings (SSSR count). The summed E-state index contributed by atoms with van der Waals surface area (Å²) in [6.45, 7) is 3.19. The molecular weight excluding hydrogens is 248 g/mol. The Morgan fingerprint density at radius 3 is 2.80 bits per heavy atom. The van der Waals surface area contributed by atoms with Gasteiger partial charge in [-0.15, -0.1) is 0 Å². The second-order valence-corrected chi connectivity index (χ2v) is 4.94. The van der Waals surface area contributed by atoms with Gasteiger partial charge in [-0.05, 0) is 17.7 Å². The molecule has 0 radical (unpaired) electrons. The number of para-hydroxylation sites is 1. The first-order valence-corrected chi connectivity index (χ1v) is 6.78. The Balaban J connectivity index is 1.80. The van der Waals surface area contributed by atoms with Crippen molar-refractivity contribution in [2.45, 2.75) is 13.1 Å². The lowest BCUT2D eigenvalue weighted by Gasteiger charge is -2.19. The maximum Gasteiger partial charge on any atom is 0.123 e. The fraction of sp³-hybridized carbons (Fsp3) is 0.235. The molecule has 0 fully saturated rings. The number of fused-ring (bicyclic) bond motifs is 1. The molecule has 0 spiro atoms. The van der Waals surface area contributed by atoms with Crippen LogP contribution >= 0.6 is 0 Å². The fourth-order valence-corrected chi connectivity index (χ4v) is 2.52. The maximum absolute atomic E-state index is 9.17. The van der Waals surface area contributed by atoms with Gasteiger partial charge in [-0.25, -0.2) is 0 Å². The molecule has 0 unspecified atom stereocenters. The molecule has 0 amide bonds. The molecule has 0 aliphatic carbocycles. The number of nitrogens with zero attached hydrogens (tertiary/aromatic N) is 2. The first-order chi connectivity index (χ1) is 9.86. The van der Waals surface area contributed by atoms with Crippen molar-refractivity contribution in [1.29, 1.82) is 5.26 Å². The zero-order valence-electron chi connectivity index (χ0n) is 11.2. The number of ether oxygens (including phenoxy) is 1. The average Bonchev–Trinajstić information content (AvgIpc) is 2.69. The van der Waals surface area contributed by atoms with Crippen LogP contribution in [-0.4, -0.2) is 18.1 Å². The standard InChI is InChI=1S/C17H16N2O/c18-11-14-5-1-2-6-15(14)12-19-9-10-20-17-8-4-3-7-16(17)13-19/h1-8H,9-10,12-13H2. The van der Waals surface area contributed by atoms with Gasteiger partial charge < -0.3 is 4.74 Å². The van der Waals surface area contributed by atoms with Crippen molar-refractivity contribution in [1.82, 2.24) is 4.90 Å². The molecule has 0 atom stereocenters. The summed E-state index contributed by atoms with van der Waals surface area (Å²) in [5, 5.41) is 9.17. The minimum atomic E-state index is 0.686. The van der Waals surface area contributed by atoms with Crippen molar-refractivity contribution < 1.29 is 4.74 Å². The van der Waals surface area contributed by atoms with Gasteiger partial charge in [0, 0.05) is 25.2 Å². The Morgan fingerprint density at radius 1 is 1.10 bits per heavy atom. The van der Waals surface area contributed by atoms with E-state index < -0.39 is 0 Å². The highest BCUT2D eigenvalue weighted by atomic mass is 16.5. The van der Waals surface area contributed by atoms with Gasteiger partial charge in [0.15, 0.2) is 0 Å². The highest BCUT2D eigenvalue weighted by molar-refractivity contribution is 5.38. The highest BCUT2D eigenvalue weighted by Gasteiger charge is 2.15. The van der Waals surface area contributed by atoms with Crippen LogP contribution in [0.1, 0.15) is 16.7 Å². The van der Waals surface area contributed by atoms with E-state index in [0.29, 0.717) is 6.61 Å². The summed E-state index contributed by atoms with van der Waals surface area (Å²) in [5.74, 6) is 0.976. The number of nitriles is 1. The third-order valence-electron chi connectivity index (χ3n) is 3.56. The van der Waals surface area contributed by atoms with E-state index in [0.717, 1.165) is 36.5 Å². The van der Waals surface area contributed by atoms with Gasteiger partial charge in [0.1, 0.15) is 12.4 Å². The van der Waals surface area contributed by atoms with Gasteiger partial charge >= 0.3 is 0 Å². The number of rotatable bonds is 2. The van der Waals surface area contributed by atoms with Gasteiger partial charge in [-0.3, -0.25) is 4.90 Å². The zero-order valence-corrected chi connectivity index (χ0v) is 11.2. The molecule has 2 aromatic carbocycles. The number of hydrogen-bond donors (Lipinski definition) is 0. The highest BCUT2D eigenvalue weighted by Crippen LogP contribution is 2.23. The molecule has 100 valence electrons. The third-order valence-corrected chi connectivity index (χ3v) is 3.56. The molecule has 3 nitrogen and oxygen atoms in total. The lowest BCUT2D eigenvalue weighted by atomic mass is 10.1. The van der Waals surface area contributed by atoms with Crippen LogP contribution < -0.4 is 4.74 Å². The van der Waals surface area contributed by atoms with Crippen molar-refractivity contribution in [2.24, 2.45) is 0 Å². The van der Waals surface area contributed by atoms with Crippen molar-refractivity contribution in [3.05, 3.63) is 65.2 Å². The topological polar surface area (TPSA) is 36.3 Å². The third kappa shape index (κ3) is 2.66. The summed E-state index contributed by atoms with van der Waals surface area (Å²) in [6, 6.07) is 18.2. The van der Waals surface area contributed by atoms with E-state index in [1.54, 1.807) is 0 Å².